The highest BCUT2D eigenvalue weighted by Crippen LogP contribution is 2.19. The van der Waals surface area contributed by atoms with E-state index in [4.69, 9.17) is 10.00 Å². The van der Waals surface area contributed by atoms with Gasteiger partial charge < -0.3 is 10.1 Å². The second-order valence-electron chi connectivity index (χ2n) is 4.50. The Hall–Kier alpha value is -2.06. The van der Waals surface area contributed by atoms with E-state index in [1.165, 1.54) is 0 Å². The predicted molar refractivity (Wildman–Crippen MR) is 86.0 cm³/mol. The molecule has 0 atom stereocenters. The normalized spacial score (nSPS) is 9.90. The van der Waals surface area contributed by atoms with Gasteiger partial charge in [0.05, 0.1) is 12.7 Å². The Labute approximate surface area is 132 Å². The van der Waals surface area contributed by atoms with Crippen LogP contribution >= 0.6 is 15.9 Å². The third-order valence-corrected chi connectivity index (χ3v) is 3.23. The molecule has 0 unspecified atom stereocenters. The molecule has 0 saturated heterocycles. The van der Waals surface area contributed by atoms with Gasteiger partial charge in [-0.1, -0.05) is 6.07 Å². The molecule has 0 fully saturated rings. The van der Waals surface area contributed by atoms with Gasteiger partial charge in [0, 0.05) is 41.6 Å². The minimum Gasteiger partial charge on any atom is -0.493 e. The number of ether oxygens (including phenoxy) is 1. The lowest BCUT2D eigenvalue weighted by Gasteiger charge is -2.09. The van der Waals surface area contributed by atoms with E-state index in [0.717, 1.165) is 27.9 Å². The standard InChI is InChI=1S/C16H16BrN3O/c17-14-8-13(10-19-12-14)11-20-15-4-3-5-16(9-15)21-7-2-1-6-18/h3-5,8-10,12,20H,1-2,7,11H2. The highest BCUT2D eigenvalue weighted by molar-refractivity contribution is 9.10. The zero-order valence-electron chi connectivity index (χ0n) is 11.6. The van der Waals surface area contributed by atoms with Crippen LogP contribution in [0.15, 0.2) is 47.2 Å². The smallest absolute Gasteiger partial charge is 0.121 e. The average Bonchev–Trinajstić information content (AvgIpc) is 2.50. The van der Waals surface area contributed by atoms with E-state index in [2.05, 4.69) is 32.3 Å². The molecule has 0 saturated carbocycles. The minimum atomic E-state index is 0.522. The van der Waals surface area contributed by atoms with E-state index in [9.17, 15) is 0 Å². The molecule has 0 spiro atoms. The van der Waals surface area contributed by atoms with Crippen LogP contribution in [0.25, 0.3) is 0 Å². The van der Waals surface area contributed by atoms with Crippen LogP contribution in [0.4, 0.5) is 5.69 Å². The van der Waals surface area contributed by atoms with Crippen molar-refractivity contribution in [2.45, 2.75) is 19.4 Å². The summed E-state index contributed by atoms with van der Waals surface area (Å²) in [6.45, 7) is 1.26. The Bertz CT molecular complexity index is 625. The number of aromatic nitrogens is 1. The van der Waals surface area contributed by atoms with E-state index in [0.29, 0.717) is 19.6 Å². The third-order valence-electron chi connectivity index (χ3n) is 2.79. The van der Waals surface area contributed by atoms with Crippen molar-refractivity contribution in [3.8, 4) is 11.8 Å². The molecule has 0 aliphatic heterocycles. The van der Waals surface area contributed by atoms with Crippen LogP contribution in [0.2, 0.25) is 0 Å². The summed E-state index contributed by atoms with van der Waals surface area (Å²) < 4.78 is 6.58. The first-order valence-corrected chi connectivity index (χ1v) is 7.50. The Morgan fingerprint density at radius 3 is 3.00 bits per heavy atom. The van der Waals surface area contributed by atoms with Crippen LogP contribution in [0, 0.1) is 11.3 Å². The number of nitriles is 1. The van der Waals surface area contributed by atoms with Crippen LogP contribution in [0.1, 0.15) is 18.4 Å². The predicted octanol–water partition coefficient (Wildman–Crippen LogP) is 4.14. The van der Waals surface area contributed by atoms with E-state index in [1.54, 1.807) is 6.20 Å². The third kappa shape index (κ3) is 5.44. The maximum Gasteiger partial charge on any atom is 0.121 e. The number of unbranched alkanes of at least 4 members (excludes halogenated alkanes) is 1. The molecule has 2 rings (SSSR count). The SMILES string of the molecule is N#CCCCOc1cccc(NCc2cncc(Br)c2)c1. The maximum absolute atomic E-state index is 8.48. The van der Waals surface area contributed by atoms with Crippen molar-refractivity contribution in [1.82, 2.24) is 4.98 Å². The number of nitrogens with one attached hydrogen (secondary N) is 1. The molecule has 0 bridgehead atoms. The Morgan fingerprint density at radius 2 is 2.19 bits per heavy atom. The van der Waals surface area contributed by atoms with Crippen molar-refractivity contribution in [2.24, 2.45) is 0 Å². The summed E-state index contributed by atoms with van der Waals surface area (Å²) in [5.74, 6) is 0.810. The summed E-state index contributed by atoms with van der Waals surface area (Å²) in [7, 11) is 0. The quantitative estimate of drug-likeness (QED) is 0.766. The lowest BCUT2D eigenvalue weighted by Crippen LogP contribution is -2.01. The van der Waals surface area contributed by atoms with E-state index in [-0.39, 0.29) is 0 Å². The number of benzene rings is 1. The van der Waals surface area contributed by atoms with Crippen molar-refractivity contribution in [3.05, 3.63) is 52.8 Å². The highest BCUT2D eigenvalue weighted by Gasteiger charge is 1.99. The number of hydrogen-bond acceptors (Lipinski definition) is 4. The van der Waals surface area contributed by atoms with Crippen LogP contribution in [-0.2, 0) is 6.54 Å². The average molecular weight is 346 g/mol. The molecule has 108 valence electrons. The van der Waals surface area contributed by atoms with Gasteiger partial charge in [0.1, 0.15) is 5.75 Å². The number of nitrogens with zero attached hydrogens (tertiary/aromatic N) is 2. The second-order valence-corrected chi connectivity index (χ2v) is 5.42. The van der Waals surface area contributed by atoms with Gasteiger partial charge in [-0.05, 0) is 46.1 Å². The fraction of sp³-hybridized carbons (Fsp3) is 0.250. The molecule has 0 amide bonds. The van der Waals surface area contributed by atoms with Crippen LogP contribution in [0.3, 0.4) is 0 Å². The van der Waals surface area contributed by atoms with Gasteiger partial charge in [-0.15, -0.1) is 0 Å². The van der Waals surface area contributed by atoms with E-state index in [1.807, 2.05) is 36.5 Å². The number of rotatable bonds is 7. The Morgan fingerprint density at radius 1 is 1.29 bits per heavy atom. The Kier molecular flexibility index (Phi) is 6.04. The lowest BCUT2D eigenvalue weighted by molar-refractivity contribution is 0.313. The zero-order valence-corrected chi connectivity index (χ0v) is 13.1. The van der Waals surface area contributed by atoms with Gasteiger partial charge in [-0.25, -0.2) is 0 Å². The number of pyridine rings is 1. The van der Waals surface area contributed by atoms with Gasteiger partial charge in [0.25, 0.3) is 0 Å². The highest BCUT2D eigenvalue weighted by atomic mass is 79.9. The molecule has 1 heterocycles. The van der Waals surface area contributed by atoms with Gasteiger partial charge in [0.2, 0.25) is 0 Å². The summed E-state index contributed by atoms with van der Waals surface area (Å²) >= 11 is 3.41. The van der Waals surface area contributed by atoms with Crippen molar-refractivity contribution in [1.29, 1.82) is 5.26 Å². The van der Waals surface area contributed by atoms with E-state index < -0.39 is 0 Å². The minimum absolute atomic E-state index is 0.522. The molecule has 1 aromatic heterocycles. The molecular formula is C16H16BrN3O. The van der Waals surface area contributed by atoms with Gasteiger partial charge in [-0.3, -0.25) is 4.98 Å². The molecule has 4 nitrogen and oxygen atoms in total. The fourth-order valence-corrected chi connectivity index (χ4v) is 2.21. The van der Waals surface area contributed by atoms with Crippen LogP contribution < -0.4 is 10.1 Å². The number of hydrogen-bond donors (Lipinski definition) is 1. The molecule has 0 aliphatic carbocycles. The van der Waals surface area contributed by atoms with E-state index >= 15 is 0 Å². The summed E-state index contributed by atoms with van der Waals surface area (Å²) in [6.07, 6.45) is 4.87. The molecule has 1 N–H and O–H groups in total. The van der Waals surface area contributed by atoms with Gasteiger partial charge in [-0.2, -0.15) is 5.26 Å². The van der Waals surface area contributed by atoms with Crippen LogP contribution in [0.5, 0.6) is 5.75 Å². The van der Waals surface area contributed by atoms with Gasteiger partial charge in [0.15, 0.2) is 0 Å². The number of halogens is 1. The van der Waals surface area contributed by atoms with Crippen molar-refractivity contribution in [3.63, 3.8) is 0 Å². The van der Waals surface area contributed by atoms with Crippen molar-refractivity contribution >= 4 is 21.6 Å². The zero-order chi connectivity index (χ0) is 14.9. The first-order valence-electron chi connectivity index (χ1n) is 6.71. The molecule has 0 radical (unpaired) electrons. The summed E-state index contributed by atoms with van der Waals surface area (Å²) in [5, 5.41) is 11.8. The fourth-order valence-electron chi connectivity index (χ4n) is 1.79. The number of anilines is 1. The summed E-state index contributed by atoms with van der Waals surface area (Å²) in [4.78, 5) is 4.13. The molecule has 0 aliphatic rings. The van der Waals surface area contributed by atoms with Crippen molar-refractivity contribution in [2.75, 3.05) is 11.9 Å². The Balaban J connectivity index is 1.87. The summed E-state index contributed by atoms with van der Waals surface area (Å²) in [6, 6.07) is 11.9. The van der Waals surface area contributed by atoms with Crippen LogP contribution in [-0.4, -0.2) is 11.6 Å². The summed E-state index contributed by atoms with van der Waals surface area (Å²) in [5.41, 5.74) is 2.09. The molecule has 1 aromatic carbocycles. The largest absolute Gasteiger partial charge is 0.493 e. The molecule has 5 heteroatoms. The molecule has 2 aromatic rings. The molecular weight excluding hydrogens is 330 g/mol. The first kappa shape index (κ1) is 15.3. The second kappa shape index (κ2) is 8.28. The first-order chi connectivity index (χ1) is 10.3. The maximum atomic E-state index is 8.48. The lowest BCUT2D eigenvalue weighted by atomic mass is 10.2. The topological polar surface area (TPSA) is 57.9 Å². The van der Waals surface area contributed by atoms with Crippen molar-refractivity contribution < 1.29 is 4.74 Å². The molecule has 21 heavy (non-hydrogen) atoms. The van der Waals surface area contributed by atoms with Gasteiger partial charge >= 0.3 is 0 Å². The monoisotopic (exact) mass is 345 g/mol.